The minimum Gasteiger partial charge on any atom is -0.480 e. The summed E-state index contributed by atoms with van der Waals surface area (Å²) in [5, 5.41) is 74.4. The highest BCUT2D eigenvalue weighted by molar-refractivity contribution is 5.74. The number of aromatic nitrogens is 2. The quantitative estimate of drug-likeness (QED) is 0.0372. The summed E-state index contributed by atoms with van der Waals surface area (Å²) in [6.07, 6.45) is 3.01. The first-order valence-corrected chi connectivity index (χ1v) is 18.3. The molecule has 330 valence electrons. The number of nitrogens with zero attached hydrogens (tertiary/aromatic N) is 8. The Morgan fingerprint density at radius 3 is 0.750 bits per heavy atom. The van der Waals surface area contributed by atoms with Crippen molar-refractivity contribution in [3.05, 3.63) is 47.8 Å². The Morgan fingerprint density at radius 2 is 0.550 bits per heavy atom. The van der Waals surface area contributed by atoms with E-state index in [1.165, 1.54) is 32.0 Å². The molecule has 0 aliphatic carbocycles. The van der Waals surface area contributed by atoms with Gasteiger partial charge >= 0.3 is 47.8 Å². The fourth-order valence-corrected chi connectivity index (χ4v) is 6.00. The minimum absolute atomic E-state index is 0.0107. The highest BCUT2D eigenvalue weighted by atomic mass is 16.4. The van der Waals surface area contributed by atoms with E-state index >= 15 is 0 Å². The molecule has 0 bridgehead atoms. The Bertz CT molecular complexity index is 1530. The fourth-order valence-electron chi connectivity index (χ4n) is 6.00. The number of carboxylic acids is 8. The van der Waals surface area contributed by atoms with Crippen molar-refractivity contribution >= 4 is 47.8 Å². The van der Waals surface area contributed by atoms with Crippen molar-refractivity contribution in [1.82, 2.24) is 39.4 Å². The molecule has 2 aromatic heterocycles. The number of pyridine rings is 2. The minimum atomic E-state index is -1.25. The number of aliphatic carboxylic acids is 8. The van der Waals surface area contributed by atoms with Gasteiger partial charge in [0, 0.05) is 77.8 Å². The van der Waals surface area contributed by atoms with Crippen LogP contribution in [0, 0.1) is 0 Å². The van der Waals surface area contributed by atoms with E-state index < -0.39 is 100 Å². The lowest BCUT2D eigenvalue weighted by molar-refractivity contribution is -0.144. The van der Waals surface area contributed by atoms with Crippen LogP contribution in [0.1, 0.15) is 11.1 Å². The molecule has 0 aliphatic heterocycles. The van der Waals surface area contributed by atoms with Gasteiger partial charge in [-0.2, -0.15) is 0 Å². The van der Waals surface area contributed by atoms with Gasteiger partial charge in [0.2, 0.25) is 0 Å². The van der Waals surface area contributed by atoms with E-state index in [0.29, 0.717) is 22.5 Å². The van der Waals surface area contributed by atoms with Crippen molar-refractivity contribution in [2.45, 2.75) is 13.1 Å². The molecule has 8 N–H and O–H groups in total. The molecular formula is C36H50N8O16. The van der Waals surface area contributed by atoms with Gasteiger partial charge in [-0.1, -0.05) is 0 Å². The lowest BCUT2D eigenvalue weighted by Gasteiger charge is -2.28. The molecular weight excluding hydrogens is 800 g/mol. The Morgan fingerprint density at radius 1 is 0.350 bits per heavy atom. The molecule has 0 spiro atoms. The van der Waals surface area contributed by atoms with Crippen LogP contribution in [0.4, 0.5) is 0 Å². The third-order valence-corrected chi connectivity index (χ3v) is 8.52. The van der Waals surface area contributed by atoms with Crippen molar-refractivity contribution in [2.75, 3.05) is 105 Å². The predicted molar refractivity (Wildman–Crippen MR) is 205 cm³/mol. The van der Waals surface area contributed by atoms with E-state index in [1.807, 2.05) is 0 Å². The first-order valence-electron chi connectivity index (χ1n) is 18.3. The van der Waals surface area contributed by atoms with Crippen molar-refractivity contribution in [2.24, 2.45) is 0 Å². The molecule has 0 aromatic carbocycles. The maximum atomic E-state index is 11.4. The molecule has 0 radical (unpaired) electrons. The van der Waals surface area contributed by atoms with Crippen molar-refractivity contribution in [1.29, 1.82) is 0 Å². The van der Waals surface area contributed by atoms with E-state index in [1.54, 1.807) is 34.1 Å². The van der Waals surface area contributed by atoms with Crippen LogP contribution in [-0.2, 0) is 51.4 Å². The zero-order valence-corrected chi connectivity index (χ0v) is 32.6. The van der Waals surface area contributed by atoms with Gasteiger partial charge in [-0.3, -0.25) is 77.7 Å². The van der Waals surface area contributed by atoms with Gasteiger partial charge in [0.1, 0.15) is 0 Å². The molecule has 0 fully saturated rings. The average molecular weight is 851 g/mol. The summed E-state index contributed by atoms with van der Waals surface area (Å²) in [4.78, 5) is 108. The molecule has 24 heteroatoms. The third kappa shape index (κ3) is 22.1. The van der Waals surface area contributed by atoms with E-state index in [-0.39, 0.29) is 65.4 Å². The summed E-state index contributed by atoms with van der Waals surface area (Å²) in [5.41, 5.74) is 2.13. The SMILES string of the molecule is O=C(O)CN(CCN(CCN(CC(=O)O)CC(=O)O)Cc1ccnc(-c2cc(CN(CCN(CC(=O)O)CC(=O)O)CCN(CC(=O)O)CC(=O)O)ccn2)c1)CC(=O)O. The van der Waals surface area contributed by atoms with E-state index in [4.69, 9.17) is 0 Å². The van der Waals surface area contributed by atoms with Gasteiger partial charge in [0.15, 0.2) is 0 Å². The molecule has 0 atom stereocenters. The summed E-state index contributed by atoms with van der Waals surface area (Å²) in [6, 6.07) is 6.78. The maximum absolute atomic E-state index is 11.4. The third-order valence-electron chi connectivity index (χ3n) is 8.52. The molecule has 0 amide bonds. The second kappa shape index (κ2) is 26.0. The van der Waals surface area contributed by atoms with Crippen LogP contribution in [0.5, 0.6) is 0 Å². The number of hydrogen-bond donors (Lipinski definition) is 8. The first-order chi connectivity index (χ1) is 28.3. The first kappa shape index (κ1) is 50.0. The van der Waals surface area contributed by atoms with Crippen molar-refractivity contribution in [3.63, 3.8) is 0 Å². The van der Waals surface area contributed by atoms with Gasteiger partial charge in [-0.25, -0.2) is 0 Å². The average Bonchev–Trinajstić information content (AvgIpc) is 3.11. The van der Waals surface area contributed by atoms with E-state index in [9.17, 15) is 79.2 Å². The fraction of sp³-hybridized carbons (Fsp3) is 0.500. The topological polar surface area (TPSA) is 344 Å². The van der Waals surface area contributed by atoms with Crippen LogP contribution in [0.2, 0.25) is 0 Å². The normalized spacial score (nSPS) is 11.5. The van der Waals surface area contributed by atoms with Crippen molar-refractivity contribution < 1.29 is 79.2 Å². The Labute approximate surface area is 343 Å². The summed E-state index contributed by atoms with van der Waals surface area (Å²) < 4.78 is 0. The number of hydrogen-bond acceptors (Lipinski definition) is 16. The molecule has 2 rings (SSSR count). The van der Waals surface area contributed by atoms with Gasteiger partial charge in [0.05, 0.1) is 63.7 Å². The van der Waals surface area contributed by atoms with E-state index in [0.717, 1.165) is 0 Å². The lowest BCUT2D eigenvalue weighted by atomic mass is 10.1. The molecule has 0 unspecified atom stereocenters. The highest BCUT2D eigenvalue weighted by Crippen LogP contribution is 2.19. The number of carboxylic acid groups (broad SMARTS) is 8. The van der Waals surface area contributed by atoms with Crippen molar-refractivity contribution in [3.8, 4) is 11.4 Å². The van der Waals surface area contributed by atoms with Gasteiger partial charge in [-0.05, 0) is 35.4 Å². The van der Waals surface area contributed by atoms with Crippen LogP contribution < -0.4 is 0 Å². The van der Waals surface area contributed by atoms with Gasteiger partial charge in [-0.15, -0.1) is 0 Å². The molecule has 60 heavy (non-hydrogen) atoms. The number of carbonyl (C=O) groups is 8. The highest BCUT2D eigenvalue weighted by Gasteiger charge is 2.21. The zero-order valence-electron chi connectivity index (χ0n) is 32.6. The summed E-state index contributed by atoms with van der Waals surface area (Å²) in [7, 11) is 0. The standard InChI is InChI=1S/C36H50N8O16/c45-29(46)17-41(18-30(47)48)9-5-39(6-10-42(19-31(49)50)20-32(51)52)15-25-1-3-37-27(13-25)28-14-26(2-4-38-28)16-40(7-11-43(21-33(53)54)22-34(55)56)8-12-44(23-35(57)58)24-36(59)60/h1-4,13-14H,5-12,15-24H2,(H,45,46)(H,47,48)(H,49,50)(H,51,52)(H,53,54)(H,55,56)(H,57,58)(H,59,60). The van der Waals surface area contributed by atoms with Crippen LogP contribution in [-0.4, -0.2) is 233 Å². The molecule has 24 nitrogen and oxygen atoms in total. The summed E-state index contributed by atoms with van der Waals surface area (Å²) >= 11 is 0. The summed E-state index contributed by atoms with van der Waals surface area (Å²) in [5.74, 6) is -9.96. The zero-order chi connectivity index (χ0) is 44.8. The molecule has 0 aliphatic rings. The van der Waals surface area contributed by atoms with Gasteiger partial charge < -0.3 is 40.9 Å². The van der Waals surface area contributed by atoms with Crippen LogP contribution >= 0.6 is 0 Å². The number of rotatable bonds is 33. The van der Waals surface area contributed by atoms with E-state index in [2.05, 4.69) is 9.97 Å². The largest absolute Gasteiger partial charge is 0.480 e. The second-order valence-electron chi connectivity index (χ2n) is 13.6. The van der Waals surface area contributed by atoms with Crippen LogP contribution in [0.25, 0.3) is 11.4 Å². The monoisotopic (exact) mass is 850 g/mol. The smallest absolute Gasteiger partial charge is 0.317 e. The maximum Gasteiger partial charge on any atom is 0.317 e. The Balaban J connectivity index is 2.39. The molecule has 0 saturated carbocycles. The Hall–Kier alpha value is -6.18. The van der Waals surface area contributed by atoms with Crippen LogP contribution in [0.15, 0.2) is 36.7 Å². The predicted octanol–water partition coefficient (Wildman–Crippen LogP) is -2.37. The molecule has 2 heterocycles. The summed E-state index contributed by atoms with van der Waals surface area (Å²) in [6.45, 7) is -3.74. The lowest BCUT2D eigenvalue weighted by Crippen LogP contribution is -2.44. The Kier molecular flexibility index (Phi) is 21.7. The van der Waals surface area contributed by atoms with Crippen LogP contribution in [0.3, 0.4) is 0 Å². The molecule has 0 saturated heterocycles. The second-order valence-corrected chi connectivity index (χ2v) is 13.6. The molecule has 2 aromatic rings. The van der Waals surface area contributed by atoms with Gasteiger partial charge in [0.25, 0.3) is 0 Å².